The number of H-pyrrole nitrogens is 1. The van der Waals surface area contributed by atoms with Crippen molar-refractivity contribution in [3.63, 3.8) is 0 Å². The normalized spacial score (nSPS) is 23.7. The second-order valence-electron chi connectivity index (χ2n) is 7.42. The third kappa shape index (κ3) is 6.53. The molecule has 1 fully saturated rings. The zero-order valence-corrected chi connectivity index (χ0v) is 16.9. The van der Waals surface area contributed by atoms with E-state index < -0.39 is 42.5 Å². The molecule has 29 heavy (non-hydrogen) atoms. The Kier molecular flexibility index (Phi) is 9.58. The van der Waals surface area contributed by atoms with Crippen LogP contribution in [0.25, 0.3) is 0 Å². The predicted octanol–water partition coefficient (Wildman–Crippen LogP) is 2.01. The highest BCUT2D eigenvalue weighted by Crippen LogP contribution is 2.30. The van der Waals surface area contributed by atoms with Gasteiger partial charge in [0.15, 0.2) is 12.4 Å². The van der Waals surface area contributed by atoms with Crippen molar-refractivity contribution < 1.29 is 19.3 Å². The summed E-state index contributed by atoms with van der Waals surface area (Å²) in [5.74, 6) is 5.65. The Morgan fingerprint density at radius 1 is 1.17 bits per heavy atom. The first kappa shape index (κ1) is 23.3. The molecule has 0 saturated carbocycles. The van der Waals surface area contributed by atoms with Crippen LogP contribution in [0.1, 0.15) is 76.5 Å². The first-order chi connectivity index (χ1) is 14.0. The predicted molar refractivity (Wildman–Crippen MR) is 107 cm³/mol. The molecule has 1 saturated heterocycles. The van der Waals surface area contributed by atoms with Crippen LogP contribution in [-0.4, -0.2) is 44.8 Å². The molecule has 1 aromatic rings. The molecule has 0 aliphatic carbocycles. The summed E-state index contributed by atoms with van der Waals surface area (Å²) in [6.07, 6.45) is 5.23. The summed E-state index contributed by atoms with van der Waals surface area (Å²) >= 11 is 0. The van der Waals surface area contributed by atoms with Gasteiger partial charge in [-0.2, -0.15) is 0 Å². The highest BCUT2D eigenvalue weighted by atomic mass is 19.1. The standard InChI is InChI=1S/C21H31FN2O5/c1-2-3-4-5-6-7-8-9-10-11-12-15-13-24(21(28)23-19(15)27)20-17(22)18(26)16(14-25)29-20/h13,16-18,20,25-26H,2-10,14H2,1H3,(H,23,27,28)/t16-,17-,18-,20-/m1/s1. The van der Waals surface area contributed by atoms with Gasteiger partial charge in [-0.1, -0.05) is 63.7 Å². The maximum atomic E-state index is 14.3. The molecule has 0 bridgehead atoms. The monoisotopic (exact) mass is 410 g/mol. The summed E-state index contributed by atoms with van der Waals surface area (Å²) in [6, 6.07) is 0. The lowest BCUT2D eigenvalue weighted by atomic mass is 10.1. The molecule has 1 aliphatic heterocycles. The van der Waals surface area contributed by atoms with E-state index in [2.05, 4.69) is 23.7 Å². The maximum Gasteiger partial charge on any atom is 0.330 e. The van der Waals surface area contributed by atoms with Gasteiger partial charge in [-0.05, 0) is 6.42 Å². The first-order valence-corrected chi connectivity index (χ1v) is 10.4. The molecule has 1 aromatic heterocycles. The zero-order valence-electron chi connectivity index (χ0n) is 16.9. The van der Waals surface area contributed by atoms with Gasteiger partial charge in [0, 0.05) is 12.6 Å². The van der Waals surface area contributed by atoms with Gasteiger partial charge in [0.1, 0.15) is 17.8 Å². The number of hydrogen-bond acceptors (Lipinski definition) is 5. The van der Waals surface area contributed by atoms with Crippen LogP contribution in [0.15, 0.2) is 15.8 Å². The molecule has 8 heteroatoms. The summed E-state index contributed by atoms with van der Waals surface area (Å²) in [5.41, 5.74) is -1.48. The van der Waals surface area contributed by atoms with Gasteiger partial charge in [0.2, 0.25) is 0 Å². The average molecular weight is 410 g/mol. The lowest BCUT2D eigenvalue weighted by Crippen LogP contribution is -2.37. The number of hydrogen-bond donors (Lipinski definition) is 3. The van der Waals surface area contributed by atoms with Gasteiger partial charge in [-0.3, -0.25) is 14.3 Å². The van der Waals surface area contributed by atoms with Crippen molar-refractivity contribution in [2.45, 2.75) is 89.3 Å². The quantitative estimate of drug-likeness (QED) is 0.404. The molecule has 3 N–H and O–H groups in total. The Morgan fingerprint density at radius 3 is 2.45 bits per heavy atom. The lowest BCUT2D eigenvalue weighted by Gasteiger charge is -2.15. The fourth-order valence-electron chi connectivity index (χ4n) is 3.35. The summed E-state index contributed by atoms with van der Waals surface area (Å²) in [6.45, 7) is 1.61. The van der Waals surface area contributed by atoms with E-state index in [1.54, 1.807) is 0 Å². The number of halogens is 1. The fourth-order valence-corrected chi connectivity index (χ4v) is 3.35. The molecule has 162 valence electrons. The summed E-state index contributed by atoms with van der Waals surface area (Å²) in [7, 11) is 0. The van der Waals surface area contributed by atoms with Crippen LogP contribution in [0.5, 0.6) is 0 Å². The zero-order chi connectivity index (χ0) is 21.2. The van der Waals surface area contributed by atoms with Gasteiger partial charge in [-0.25, -0.2) is 9.18 Å². The minimum atomic E-state index is -1.91. The third-order valence-electron chi connectivity index (χ3n) is 5.09. The number of ether oxygens (including phenoxy) is 1. The van der Waals surface area contributed by atoms with Gasteiger partial charge >= 0.3 is 5.69 Å². The Balaban J connectivity index is 1.93. The second-order valence-corrected chi connectivity index (χ2v) is 7.42. The summed E-state index contributed by atoms with van der Waals surface area (Å²) in [5, 5.41) is 18.9. The smallest absolute Gasteiger partial charge is 0.330 e. The van der Waals surface area contributed by atoms with Crippen LogP contribution in [0, 0.1) is 11.8 Å². The van der Waals surface area contributed by atoms with Crippen molar-refractivity contribution in [2.75, 3.05) is 6.61 Å². The largest absolute Gasteiger partial charge is 0.394 e. The fraction of sp³-hybridized carbons (Fsp3) is 0.714. The number of nitrogens with one attached hydrogen (secondary N) is 1. The minimum Gasteiger partial charge on any atom is -0.394 e. The number of unbranched alkanes of at least 4 members (excludes halogenated alkanes) is 8. The SMILES string of the molecule is CCCCCCCCCCC#Cc1cn([C@@H]2O[C@H](CO)[C@@H](O)[C@H]2F)c(=O)[nH]c1=O. The van der Waals surface area contributed by atoms with Gasteiger partial charge < -0.3 is 14.9 Å². The number of aliphatic hydroxyl groups is 2. The Morgan fingerprint density at radius 2 is 1.83 bits per heavy atom. The van der Waals surface area contributed by atoms with Crippen molar-refractivity contribution >= 4 is 0 Å². The Labute approximate surface area is 169 Å². The molecular weight excluding hydrogens is 379 g/mol. The molecular formula is C21H31FN2O5. The van der Waals surface area contributed by atoms with Crippen molar-refractivity contribution in [1.82, 2.24) is 9.55 Å². The van der Waals surface area contributed by atoms with Gasteiger partial charge in [0.05, 0.1) is 6.61 Å². The highest BCUT2D eigenvalue weighted by molar-refractivity contribution is 5.29. The molecule has 1 aliphatic rings. The first-order valence-electron chi connectivity index (χ1n) is 10.4. The van der Waals surface area contributed by atoms with Crippen LogP contribution in [-0.2, 0) is 4.74 Å². The maximum absolute atomic E-state index is 14.3. The van der Waals surface area contributed by atoms with Crippen LogP contribution >= 0.6 is 0 Å². The van der Waals surface area contributed by atoms with Crippen molar-refractivity contribution in [3.8, 4) is 11.8 Å². The number of aromatic nitrogens is 2. The Bertz CT molecular complexity index is 810. The van der Waals surface area contributed by atoms with E-state index in [1.807, 2.05) is 0 Å². The molecule has 2 heterocycles. The van der Waals surface area contributed by atoms with Gasteiger partial charge in [0.25, 0.3) is 5.56 Å². The van der Waals surface area contributed by atoms with E-state index in [1.165, 1.54) is 38.5 Å². The molecule has 0 amide bonds. The van der Waals surface area contributed by atoms with Gasteiger partial charge in [-0.15, -0.1) is 0 Å². The van der Waals surface area contributed by atoms with Crippen LogP contribution in [0.4, 0.5) is 4.39 Å². The molecule has 4 atom stereocenters. The molecule has 0 spiro atoms. The molecule has 2 rings (SSSR count). The summed E-state index contributed by atoms with van der Waals surface area (Å²) < 4.78 is 20.4. The molecule has 7 nitrogen and oxygen atoms in total. The van der Waals surface area contributed by atoms with E-state index in [0.717, 1.165) is 23.6 Å². The molecule has 0 unspecified atom stereocenters. The number of rotatable bonds is 10. The topological polar surface area (TPSA) is 105 Å². The molecule has 0 aromatic carbocycles. The van der Waals surface area contributed by atoms with Crippen molar-refractivity contribution in [3.05, 3.63) is 32.6 Å². The van der Waals surface area contributed by atoms with Crippen LogP contribution < -0.4 is 11.2 Å². The lowest BCUT2D eigenvalue weighted by molar-refractivity contribution is -0.0491. The number of alkyl halides is 1. The van der Waals surface area contributed by atoms with Crippen LogP contribution in [0.2, 0.25) is 0 Å². The van der Waals surface area contributed by atoms with E-state index in [4.69, 9.17) is 9.84 Å². The Hall–Kier alpha value is -1.95. The average Bonchev–Trinajstić information content (AvgIpc) is 2.99. The van der Waals surface area contributed by atoms with E-state index in [-0.39, 0.29) is 5.56 Å². The number of nitrogens with zero attached hydrogens (tertiary/aromatic N) is 1. The van der Waals surface area contributed by atoms with E-state index >= 15 is 0 Å². The second kappa shape index (κ2) is 11.9. The summed E-state index contributed by atoms with van der Waals surface area (Å²) in [4.78, 5) is 26.1. The highest BCUT2D eigenvalue weighted by Gasteiger charge is 2.45. The third-order valence-corrected chi connectivity index (χ3v) is 5.09. The van der Waals surface area contributed by atoms with Crippen molar-refractivity contribution in [1.29, 1.82) is 0 Å². The van der Waals surface area contributed by atoms with Crippen molar-refractivity contribution in [2.24, 2.45) is 0 Å². The van der Waals surface area contributed by atoms with E-state index in [9.17, 15) is 19.1 Å². The molecule has 0 radical (unpaired) electrons. The number of aliphatic hydroxyl groups excluding tert-OH is 2. The van der Waals surface area contributed by atoms with Crippen LogP contribution in [0.3, 0.4) is 0 Å². The number of aromatic amines is 1. The van der Waals surface area contributed by atoms with E-state index in [0.29, 0.717) is 6.42 Å². The minimum absolute atomic E-state index is 0.0295.